The standard InChI is InChI=1S/C12H17ClN2O2/c1-8(2)5-6-17-11-4-3-9(13)7-10(11)12(14)15-16/h3-4,7-8,16H,5-6H2,1-2H3,(H2,14,15). The Kier molecular flexibility index (Phi) is 5.10. The van der Waals surface area contributed by atoms with Gasteiger partial charge in [-0.25, -0.2) is 0 Å². The summed E-state index contributed by atoms with van der Waals surface area (Å²) in [5, 5.41) is 12.2. The summed E-state index contributed by atoms with van der Waals surface area (Å²) >= 11 is 5.85. The maximum atomic E-state index is 8.68. The third kappa shape index (κ3) is 4.15. The molecule has 94 valence electrons. The summed E-state index contributed by atoms with van der Waals surface area (Å²) in [7, 11) is 0. The average Bonchev–Trinajstić information content (AvgIpc) is 2.29. The Morgan fingerprint density at radius 1 is 1.53 bits per heavy atom. The van der Waals surface area contributed by atoms with E-state index in [4.69, 9.17) is 27.3 Å². The Morgan fingerprint density at radius 3 is 2.82 bits per heavy atom. The van der Waals surface area contributed by atoms with Gasteiger partial charge in [-0.1, -0.05) is 30.6 Å². The van der Waals surface area contributed by atoms with E-state index in [2.05, 4.69) is 19.0 Å². The van der Waals surface area contributed by atoms with Gasteiger partial charge in [-0.15, -0.1) is 0 Å². The molecule has 0 saturated carbocycles. The number of benzene rings is 1. The van der Waals surface area contributed by atoms with Gasteiger partial charge in [0.25, 0.3) is 0 Å². The van der Waals surface area contributed by atoms with E-state index < -0.39 is 0 Å². The van der Waals surface area contributed by atoms with Crippen LogP contribution < -0.4 is 10.5 Å². The van der Waals surface area contributed by atoms with E-state index in [9.17, 15) is 0 Å². The quantitative estimate of drug-likeness (QED) is 0.368. The van der Waals surface area contributed by atoms with Crippen LogP contribution in [0.25, 0.3) is 0 Å². The van der Waals surface area contributed by atoms with Crippen LogP contribution >= 0.6 is 11.6 Å². The van der Waals surface area contributed by atoms with Crippen LogP contribution in [-0.4, -0.2) is 17.6 Å². The van der Waals surface area contributed by atoms with Gasteiger partial charge in [0.05, 0.1) is 12.2 Å². The first-order valence-corrected chi connectivity index (χ1v) is 5.82. The number of halogens is 1. The molecule has 0 unspecified atom stereocenters. The van der Waals surface area contributed by atoms with Crippen molar-refractivity contribution in [1.29, 1.82) is 0 Å². The van der Waals surface area contributed by atoms with Gasteiger partial charge in [0.1, 0.15) is 5.75 Å². The van der Waals surface area contributed by atoms with Crippen LogP contribution in [0.15, 0.2) is 23.4 Å². The van der Waals surface area contributed by atoms with Crippen molar-refractivity contribution < 1.29 is 9.94 Å². The minimum Gasteiger partial charge on any atom is -0.493 e. The second-order valence-corrected chi connectivity index (χ2v) is 4.59. The van der Waals surface area contributed by atoms with Gasteiger partial charge in [-0.05, 0) is 30.5 Å². The number of nitrogens with zero attached hydrogens (tertiary/aromatic N) is 1. The van der Waals surface area contributed by atoms with Crippen LogP contribution in [0.3, 0.4) is 0 Å². The normalized spacial score (nSPS) is 11.9. The Balaban J connectivity index is 2.83. The second kappa shape index (κ2) is 6.35. The predicted octanol–water partition coefficient (Wildman–Crippen LogP) is 2.86. The molecule has 0 aliphatic carbocycles. The van der Waals surface area contributed by atoms with Crippen molar-refractivity contribution in [2.75, 3.05) is 6.61 Å². The largest absolute Gasteiger partial charge is 0.493 e. The maximum absolute atomic E-state index is 8.68. The van der Waals surface area contributed by atoms with E-state index in [0.29, 0.717) is 28.9 Å². The summed E-state index contributed by atoms with van der Waals surface area (Å²) < 4.78 is 5.60. The van der Waals surface area contributed by atoms with Crippen LogP contribution in [0.5, 0.6) is 5.75 Å². The molecule has 0 spiro atoms. The Bertz CT molecular complexity index is 405. The molecule has 5 heteroatoms. The first-order valence-electron chi connectivity index (χ1n) is 5.45. The second-order valence-electron chi connectivity index (χ2n) is 4.16. The number of hydrogen-bond donors (Lipinski definition) is 2. The summed E-state index contributed by atoms with van der Waals surface area (Å²) in [5.74, 6) is 1.13. The lowest BCUT2D eigenvalue weighted by atomic mass is 10.1. The molecular weight excluding hydrogens is 240 g/mol. The molecule has 17 heavy (non-hydrogen) atoms. The number of ether oxygens (including phenoxy) is 1. The third-order valence-corrected chi connectivity index (χ3v) is 2.51. The first-order chi connectivity index (χ1) is 8.04. The van der Waals surface area contributed by atoms with Crippen molar-refractivity contribution in [3.8, 4) is 5.75 Å². The van der Waals surface area contributed by atoms with Gasteiger partial charge in [0, 0.05) is 5.02 Å². The van der Waals surface area contributed by atoms with Crippen LogP contribution in [0.2, 0.25) is 5.02 Å². The first kappa shape index (κ1) is 13.6. The van der Waals surface area contributed by atoms with Gasteiger partial charge >= 0.3 is 0 Å². The lowest BCUT2D eigenvalue weighted by molar-refractivity contribution is 0.288. The molecule has 0 bridgehead atoms. The van der Waals surface area contributed by atoms with E-state index in [1.54, 1.807) is 18.2 Å². The van der Waals surface area contributed by atoms with Crippen molar-refractivity contribution >= 4 is 17.4 Å². The van der Waals surface area contributed by atoms with E-state index in [-0.39, 0.29) is 5.84 Å². The van der Waals surface area contributed by atoms with Crippen molar-refractivity contribution in [2.24, 2.45) is 16.8 Å². The predicted molar refractivity (Wildman–Crippen MR) is 68.9 cm³/mol. The summed E-state index contributed by atoms with van der Waals surface area (Å²) in [6.45, 7) is 4.83. The summed E-state index contributed by atoms with van der Waals surface area (Å²) in [6.07, 6.45) is 0.943. The average molecular weight is 257 g/mol. The number of amidine groups is 1. The molecule has 0 fully saturated rings. The Morgan fingerprint density at radius 2 is 2.24 bits per heavy atom. The summed E-state index contributed by atoms with van der Waals surface area (Å²) in [4.78, 5) is 0. The van der Waals surface area contributed by atoms with Crippen LogP contribution in [-0.2, 0) is 0 Å². The fourth-order valence-corrected chi connectivity index (χ4v) is 1.46. The topological polar surface area (TPSA) is 67.8 Å². The molecule has 1 rings (SSSR count). The number of hydrogen-bond acceptors (Lipinski definition) is 3. The molecule has 1 aromatic carbocycles. The molecule has 4 nitrogen and oxygen atoms in total. The van der Waals surface area contributed by atoms with Crippen molar-refractivity contribution in [3.05, 3.63) is 28.8 Å². The molecule has 3 N–H and O–H groups in total. The molecule has 0 amide bonds. The van der Waals surface area contributed by atoms with E-state index in [0.717, 1.165) is 6.42 Å². The minimum absolute atomic E-state index is 0.00736. The SMILES string of the molecule is CC(C)CCOc1ccc(Cl)cc1C(N)=NO. The van der Waals surface area contributed by atoms with Crippen molar-refractivity contribution in [1.82, 2.24) is 0 Å². The summed E-state index contributed by atoms with van der Waals surface area (Å²) in [6, 6.07) is 5.04. The monoisotopic (exact) mass is 256 g/mol. The van der Waals surface area contributed by atoms with Gasteiger partial charge in [0.15, 0.2) is 5.84 Å². The number of rotatable bonds is 5. The Hall–Kier alpha value is -1.42. The van der Waals surface area contributed by atoms with Crippen molar-refractivity contribution in [2.45, 2.75) is 20.3 Å². The molecule has 0 atom stereocenters. The van der Waals surface area contributed by atoms with Gasteiger partial charge in [0.2, 0.25) is 0 Å². The Labute approximate surface area is 106 Å². The molecule has 0 saturated heterocycles. The van der Waals surface area contributed by atoms with Gasteiger partial charge in [-0.3, -0.25) is 0 Å². The molecule has 1 aromatic rings. The highest BCUT2D eigenvalue weighted by atomic mass is 35.5. The molecule has 0 aromatic heterocycles. The number of nitrogens with two attached hydrogens (primary N) is 1. The van der Waals surface area contributed by atoms with Crippen LogP contribution in [0.1, 0.15) is 25.8 Å². The fraction of sp³-hybridized carbons (Fsp3) is 0.417. The van der Waals surface area contributed by atoms with Gasteiger partial charge in [-0.2, -0.15) is 0 Å². The van der Waals surface area contributed by atoms with Gasteiger partial charge < -0.3 is 15.7 Å². The van der Waals surface area contributed by atoms with E-state index in [1.807, 2.05) is 0 Å². The van der Waals surface area contributed by atoms with E-state index in [1.165, 1.54) is 0 Å². The zero-order valence-electron chi connectivity index (χ0n) is 9.98. The zero-order chi connectivity index (χ0) is 12.8. The zero-order valence-corrected chi connectivity index (χ0v) is 10.7. The highest BCUT2D eigenvalue weighted by Crippen LogP contribution is 2.23. The smallest absolute Gasteiger partial charge is 0.173 e. The molecule has 0 radical (unpaired) electrons. The lowest BCUT2D eigenvalue weighted by Gasteiger charge is -2.12. The third-order valence-electron chi connectivity index (χ3n) is 2.28. The van der Waals surface area contributed by atoms with E-state index >= 15 is 0 Å². The lowest BCUT2D eigenvalue weighted by Crippen LogP contribution is -2.15. The highest BCUT2D eigenvalue weighted by Gasteiger charge is 2.09. The van der Waals surface area contributed by atoms with Crippen LogP contribution in [0.4, 0.5) is 0 Å². The number of oxime groups is 1. The van der Waals surface area contributed by atoms with Crippen LogP contribution in [0, 0.1) is 5.92 Å². The fourth-order valence-electron chi connectivity index (χ4n) is 1.29. The highest BCUT2D eigenvalue weighted by molar-refractivity contribution is 6.31. The molecule has 0 heterocycles. The molecule has 0 aliphatic heterocycles. The maximum Gasteiger partial charge on any atom is 0.173 e. The molecular formula is C12H17ClN2O2. The summed E-state index contributed by atoms with van der Waals surface area (Å²) in [5.41, 5.74) is 6.06. The van der Waals surface area contributed by atoms with Crippen molar-refractivity contribution in [3.63, 3.8) is 0 Å². The molecule has 0 aliphatic rings. The minimum atomic E-state index is -0.00736.